The highest BCUT2D eigenvalue weighted by atomic mass is 35.5. The number of nitrogens with one attached hydrogen (secondary N) is 1. The van der Waals surface area contributed by atoms with Gasteiger partial charge in [0, 0.05) is 10.4 Å². The summed E-state index contributed by atoms with van der Waals surface area (Å²) in [5.74, 6) is 5.78. The van der Waals surface area contributed by atoms with Crippen molar-refractivity contribution in [3.8, 4) is 0 Å². The molecular weight excluding hydrogens is 256 g/mol. The smallest absolute Gasteiger partial charge is 0.0551 e. The molecule has 1 unspecified atom stereocenters. The van der Waals surface area contributed by atoms with Crippen LogP contribution >= 0.6 is 11.6 Å². The van der Waals surface area contributed by atoms with Gasteiger partial charge in [0.15, 0.2) is 0 Å². The summed E-state index contributed by atoms with van der Waals surface area (Å²) < 4.78 is 0. The van der Waals surface area contributed by atoms with Crippen LogP contribution in [0.1, 0.15) is 31.0 Å². The molecule has 0 aromatic heterocycles. The van der Waals surface area contributed by atoms with Crippen molar-refractivity contribution in [2.24, 2.45) is 5.84 Å². The minimum atomic E-state index is -0.121. The Kier molecular flexibility index (Phi) is 4.25. The average molecular weight is 275 g/mol. The van der Waals surface area contributed by atoms with Gasteiger partial charge in [-0.1, -0.05) is 67.9 Å². The van der Waals surface area contributed by atoms with Crippen LogP contribution in [0.5, 0.6) is 0 Å². The molecule has 0 bridgehead atoms. The van der Waals surface area contributed by atoms with Gasteiger partial charge >= 0.3 is 0 Å². The van der Waals surface area contributed by atoms with E-state index in [-0.39, 0.29) is 11.5 Å². The van der Waals surface area contributed by atoms with Crippen LogP contribution < -0.4 is 11.3 Å². The summed E-state index contributed by atoms with van der Waals surface area (Å²) in [6.45, 7) is 4.36. The van der Waals surface area contributed by atoms with Gasteiger partial charge in [-0.05, 0) is 23.3 Å². The summed E-state index contributed by atoms with van der Waals surface area (Å²) in [4.78, 5) is 0. The standard InChI is InChI=1S/C16H19ClN2/c1-16(2,13-6-4-3-5-7-13)15(19-18)12-8-10-14(17)11-9-12/h3-11,15,19H,18H2,1-2H3. The molecule has 2 aromatic carbocycles. The van der Waals surface area contributed by atoms with E-state index < -0.39 is 0 Å². The molecule has 100 valence electrons. The molecule has 0 radical (unpaired) electrons. The van der Waals surface area contributed by atoms with Crippen molar-refractivity contribution < 1.29 is 0 Å². The average Bonchev–Trinajstić information content (AvgIpc) is 2.42. The quantitative estimate of drug-likeness (QED) is 0.657. The van der Waals surface area contributed by atoms with E-state index in [1.165, 1.54) is 5.56 Å². The number of halogens is 1. The van der Waals surface area contributed by atoms with Gasteiger partial charge < -0.3 is 0 Å². The largest absolute Gasteiger partial charge is 0.271 e. The molecule has 0 amide bonds. The molecule has 0 aliphatic rings. The summed E-state index contributed by atoms with van der Waals surface area (Å²) in [5.41, 5.74) is 5.18. The number of hydrogen-bond acceptors (Lipinski definition) is 2. The summed E-state index contributed by atoms with van der Waals surface area (Å²) in [7, 11) is 0. The molecule has 3 N–H and O–H groups in total. The second-order valence-corrected chi connectivity index (χ2v) is 5.68. The Balaban J connectivity index is 2.38. The van der Waals surface area contributed by atoms with E-state index in [9.17, 15) is 0 Å². The summed E-state index contributed by atoms with van der Waals surface area (Å²) in [6.07, 6.45) is 0. The van der Waals surface area contributed by atoms with Crippen molar-refractivity contribution in [3.05, 3.63) is 70.7 Å². The predicted molar refractivity (Wildman–Crippen MR) is 81.0 cm³/mol. The molecule has 2 rings (SSSR count). The van der Waals surface area contributed by atoms with E-state index >= 15 is 0 Å². The molecule has 0 aliphatic carbocycles. The monoisotopic (exact) mass is 274 g/mol. The lowest BCUT2D eigenvalue weighted by Crippen LogP contribution is -2.41. The minimum Gasteiger partial charge on any atom is -0.271 e. The maximum atomic E-state index is 5.94. The Morgan fingerprint density at radius 3 is 2.11 bits per heavy atom. The summed E-state index contributed by atoms with van der Waals surface area (Å²) in [5, 5.41) is 0.733. The van der Waals surface area contributed by atoms with E-state index in [1.54, 1.807) is 0 Å². The molecule has 0 spiro atoms. The van der Waals surface area contributed by atoms with E-state index in [4.69, 9.17) is 17.4 Å². The third-order valence-electron chi connectivity index (χ3n) is 3.61. The lowest BCUT2D eigenvalue weighted by molar-refractivity contribution is 0.353. The second kappa shape index (κ2) is 5.74. The Bertz CT molecular complexity index is 520. The van der Waals surface area contributed by atoms with Gasteiger partial charge in [-0.3, -0.25) is 11.3 Å². The Labute approximate surface area is 119 Å². The van der Waals surface area contributed by atoms with Gasteiger partial charge in [-0.15, -0.1) is 0 Å². The van der Waals surface area contributed by atoms with Crippen molar-refractivity contribution in [2.75, 3.05) is 0 Å². The van der Waals surface area contributed by atoms with Crippen molar-refractivity contribution >= 4 is 11.6 Å². The molecule has 0 fully saturated rings. The fourth-order valence-corrected chi connectivity index (χ4v) is 2.54. The maximum Gasteiger partial charge on any atom is 0.0551 e. The third kappa shape index (κ3) is 2.98. The van der Waals surface area contributed by atoms with Crippen LogP contribution in [0.15, 0.2) is 54.6 Å². The van der Waals surface area contributed by atoms with Crippen LogP contribution in [0.2, 0.25) is 5.02 Å². The maximum absolute atomic E-state index is 5.94. The molecule has 0 aliphatic heterocycles. The number of hydrogen-bond donors (Lipinski definition) is 2. The summed E-state index contributed by atoms with van der Waals surface area (Å²) in [6, 6.07) is 18.2. The first kappa shape index (κ1) is 14.1. The lowest BCUT2D eigenvalue weighted by atomic mass is 9.75. The van der Waals surface area contributed by atoms with Crippen LogP contribution in [-0.2, 0) is 5.41 Å². The number of benzene rings is 2. The zero-order valence-electron chi connectivity index (χ0n) is 11.2. The fourth-order valence-electron chi connectivity index (χ4n) is 2.41. The lowest BCUT2D eigenvalue weighted by Gasteiger charge is -2.35. The van der Waals surface area contributed by atoms with Crippen molar-refractivity contribution in [2.45, 2.75) is 25.3 Å². The van der Waals surface area contributed by atoms with E-state index in [1.807, 2.05) is 42.5 Å². The van der Waals surface area contributed by atoms with Crippen LogP contribution in [0.25, 0.3) is 0 Å². The summed E-state index contributed by atoms with van der Waals surface area (Å²) >= 11 is 5.94. The zero-order valence-corrected chi connectivity index (χ0v) is 12.0. The van der Waals surface area contributed by atoms with Gasteiger partial charge in [-0.2, -0.15) is 0 Å². The molecule has 0 saturated carbocycles. The fraction of sp³-hybridized carbons (Fsp3) is 0.250. The van der Waals surface area contributed by atoms with Crippen molar-refractivity contribution in [3.63, 3.8) is 0 Å². The molecule has 0 heterocycles. The molecule has 1 atom stereocenters. The van der Waals surface area contributed by atoms with E-state index in [0.29, 0.717) is 0 Å². The van der Waals surface area contributed by atoms with Crippen LogP contribution in [0.4, 0.5) is 0 Å². The van der Waals surface area contributed by atoms with Gasteiger partial charge in [0.1, 0.15) is 0 Å². The van der Waals surface area contributed by atoms with Gasteiger partial charge in [0.2, 0.25) is 0 Å². The molecule has 19 heavy (non-hydrogen) atoms. The highest BCUT2D eigenvalue weighted by Crippen LogP contribution is 2.36. The first-order chi connectivity index (χ1) is 9.05. The van der Waals surface area contributed by atoms with Crippen molar-refractivity contribution in [1.82, 2.24) is 5.43 Å². The molecular formula is C16H19ClN2. The predicted octanol–water partition coefficient (Wildman–Crippen LogP) is 3.82. The molecule has 0 saturated heterocycles. The third-order valence-corrected chi connectivity index (χ3v) is 3.86. The van der Waals surface area contributed by atoms with Gasteiger partial charge in [-0.25, -0.2) is 0 Å². The minimum absolute atomic E-state index is 0.0205. The first-order valence-corrected chi connectivity index (χ1v) is 6.70. The Morgan fingerprint density at radius 1 is 1.00 bits per heavy atom. The normalized spacial score (nSPS) is 13.3. The topological polar surface area (TPSA) is 38.0 Å². The Hall–Kier alpha value is -1.35. The second-order valence-electron chi connectivity index (χ2n) is 5.24. The van der Waals surface area contributed by atoms with Gasteiger partial charge in [0.05, 0.1) is 6.04 Å². The SMILES string of the molecule is CC(C)(c1ccccc1)C(NN)c1ccc(Cl)cc1. The number of rotatable bonds is 4. The molecule has 2 nitrogen and oxygen atoms in total. The van der Waals surface area contributed by atoms with E-state index in [0.717, 1.165) is 10.6 Å². The zero-order chi connectivity index (χ0) is 13.9. The molecule has 3 heteroatoms. The Morgan fingerprint density at radius 2 is 1.58 bits per heavy atom. The number of nitrogens with two attached hydrogens (primary N) is 1. The number of hydrazine groups is 1. The van der Waals surface area contributed by atoms with Crippen LogP contribution in [0, 0.1) is 0 Å². The van der Waals surface area contributed by atoms with Crippen LogP contribution in [-0.4, -0.2) is 0 Å². The van der Waals surface area contributed by atoms with E-state index in [2.05, 4.69) is 31.4 Å². The first-order valence-electron chi connectivity index (χ1n) is 6.33. The van der Waals surface area contributed by atoms with Gasteiger partial charge in [0.25, 0.3) is 0 Å². The van der Waals surface area contributed by atoms with Crippen molar-refractivity contribution in [1.29, 1.82) is 0 Å². The molecule has 2 aromatic rings. The highest BCUT2D eigenvalue weighted by Gasteiger charge is 2.31. The highest BCUT2D eigenvalue weighted by molar-refractivity contribution is 6.30. The van der Waals surface area contributed by atoms with Crippen LogP contribution in [0.3, 0.4) is 0 Å².